The predicted octanol–water partition coefficient (Wildman–Crippen LogP) is 5.97. The minimum Gasteiger partial charge on any atom is -0.386 e. The maximum absolute atomic E-state index is 13.7. The summed E-state index contributed by atoms with van der Waals surface area (Å²) < 4.78 is 0. The van der Waals surface area contributed by atoms with Crippen molar-refractivity contribution >= 4 is 5.91 Å². The molecular formula is C28H33NO2. The van der Waals surface area contributed by atoms with E-state index in [1.807, 2.05) is 85.9 Å². The Hall–Kier alpha value is -2.91. The van der Waals surface area contributed by atoms with Gasteiger partial charge in [-0.25, -0.2) is 0 Å². The van der Waals surface area contributed by atoms with Gasteiger partial charge in [-0.3, -0.25) is 4.79 Å². The summed E-state index contributed by atoms with van der Waals surface area (Å²) in [6.07, 6.45) is 2.82. The summed E-state index contributed by atoms with van der Waals surface area (Å²) >= 11 is 0. The van der Waals surface area contributed by atoms with Gasteiger partial charge >= 0.3 is 0 Å². The molecule has 3 heteroatoms. The molecule has 3 atom stereocenters. The average Bonchev–Trinajstić information content (AvgIpc) is 2.83. The molecule has 0 bridgehead atoms. The van der Waals surface area contributed by atoms with Crippen LogP contribution in [0.1, 0.15) is 55.0 Å². The summed E-state index contributed by atoms with van der Waals surface area (Å²) in [5, 5.41) is 11.3. The molecule has 0 spiro atoms. The summed E-state index contributed by atoms with van der Waals surface area (Å²) in [6.45, 7) is 2.15. The number of hydrogen-bond donors (Lipinski definition) is 1. The molecule has 3 aromatic carbocycles. The van der Waals surface area contributed by atoms with E-state index in [-0.39, 0.29) is 11.8 Å². The molecule has 0 heterocycles. The van der Waals surface area contributed by atoms with Gasteiger partial charge in [0.2, 0.25) is 5.91 Å². The fraction of sp³-hybridized carbons (Fsp3) is 0.321. The number of amides is 1. The first-order valence-corrected chi connectivity index (χ1v) is 11.2. The summed E-state index contributed by atoms with van der Waals surface area (Å²) in [6, 6.07) is 29.2. The fourth-order valence-corrected chi connectivity index (χ4v) is 4.19. The minimum atomic E-state index is -0.805. The van der Waals surface area contributed by atoms with Gasteiger partial charge in [0.05, 0.1) is 6.04 Å². The largest absolute Gasteiger partial charge is 0.386 e. The first-order chi connectivity index (χ1) is 15.1. The molecule has 1 amide bonds. The molecular weight excluding hydrogens is 382 g/mol. The summed E-state index contributed by atoms with van der Waals surface area (Å²) in [5.74, 6) is -0.0253. The highest BCUT2D eigenvalue weighted by Crippen LogP contribution is 2.35. The number of hydrogen-bond acceptors (Lipinski definition) is 2. The molecule has 0 aliphatic heterocycles. The molecule has 3 nitrogen and oxygen atoms in total. The van der Waals surface area contributed by atoms with Crippen molar-refractivity contribution in [2.24, 2.45) is 5.92 Å². The topological polar surface area (TPSA) is 40.5 Å². The van der Waals surface area contributed by atoms with E-state index in [0.717, 1.165) is 30.4 Å². The number of aliphatic hydroxyl groups is 1. The SMILES string of the molecule is CCCC[C@H](Cc1ccccc1)C(=O)N(C)[C@@H](c1ccccc1)[C@@H](O)c1ccccc1. The monoisotopic (exact) mass is 415 g/mol. The maximum atomic E-state index is 13.7. The Labute approximate surface area is 186 Å². The second-order valence-electron chi connectivity index (χ2n) is 8.19. The Balaban J connectivity index is 1.90. The smallest absolute Gasteiger partial charge is 0.226 e. The molecule has 0 aromatic heterocycles. The first-order valence-electron chi connectivity index (χ1n) is 11.2. The molecule has 0 saturated carbocycles. The molecule has 1 N–H and O–H groups in total. The van der Waals surface area contributed by atoms with Gasteiger partial charge in [0, 0.05) is 13.0 Å². The third-order valence-corrected chi connectivity index (χ3v) is 5.93. The molecule has 3 aromatic rings. The number of nitrogens with zero attached hydrogens (tertiary/aromatic N) is 1. The Morgan fingerprint density at radius 2 is 1.35 bits per heavy atom. The van der Waals surface area contributed by atoms with Gasteiger partial charge in [-0.1, -0.05) is 111 Å². The van der Waals surface area contributed by atoms with Crippen molar-refractivity contribution in [2.45, 2.75) is 44.8 Å². The molecule has 3 rings (SSSR count). The molecule has 162 valence electrons. The number of benzene rings is 3. The zero-order valence-electron chi connectivity index (χ0n) is 18.5. The van der Waals surface area contributed by atoms with Crippen LogP contribution in [0.5, 0.6) is 0 Å². The van der Waals surface area contributed by atoms with Gasteiger partial charge in [-0.2, -0.15) is 0 Å². The zero-order chi connectivity index (χ0) is 22.1. The highest BCUT2D eigenvalue weighted by atomic mass is 16.3. The lowest BCUT2D eigenvalue weighted by atomic mass is 9.90. The van der Waals surface area contributed by atoms with E-state index < -0.39 is 12.1 Å². The van der Waals surface area contributed by atoms with Crippen LogP contribution in [0.4, 0.5) is 0 Å². The van der Waals surface area contributed by atoms with Crippen LogP contribution in [0, 0.1) is 5.92 Å². The Morgan fingerprint density at radius 1 is 0.839 bits per heavy atom. The number of likely N-dealkylation sites (N-methyl/N-ethyl adjacent to an activating group) is 1. The van der Waals surface area contributed by atoms with Crippen molar-refractivity contribution in [3.05, 3.63) is 108 Å². The third-order valence-electron chi connectivity index (χ3n) is 5.93. The number of rotatable bonds is 10. The van der Waals surface area contributed by atoms with Gasteiger partial charge < -0.3 is 10.0 Å². The second kappa shape index (κ2) is 11.5. The first kappa shape index (κ1) is 22.8. The quantitative estimate of drug-likeness (QED) is 0.443. The van der Waals surface area contributed by atoms with Crippen molar-refractivity contribution in [3.63, 3.8) is 0 Å². The minimum absolute atomic E-state index is 0.0844. The van der Waals surface area contributed by atoms with E-state index in [9.17, 15) is 9.90 Å². The van der Waals surface area contributed by atoms with Crippen LogP contribution in [-0.2, 0) is 11.2 Å². The Bertz CT molecular complexity index is 912. The van der Waals surface area contributed by atoms with E-state index in [0.29, 0.717) is 6.42 Å². The number of carbonyl (C=O) groups is 1. The predicted molar refractivity (Wildman–Crippen MR) is 127 cm³/mol. The Kier molecular flexibility index (Phi) is 8.43. The van der Waals surface area contributed by atoms with Crippen molar-refractivity contribution in [1.82, 2.24) is 4.90 Å². The molecule has 0 unspecified atom stereocenters. The van der Waals surface area contributed by atoms with E-state index in [2.05, 4.69) is 19.1 Å². The molecule has 0 aliphatic carbocycles. The van der Waals surface area contributed by atoms with Crippen LogP contribution in [-0.4, -0.2) is 23.0 Å². The highest BCUT2D eigenvalue weighted by Gasteiger charge is 2.32. The maximum Gasteiger partial charge on any atom is 0.226 e. The van der Waals surface area contributed by atoms with Crippen LogP contribution in [0.3, 0.4) is 0 Å². The van der Waals surface area contributed by atoms with Crippen molar-refractivity contribution in [1.29, 1.82) is 0 Å². The summed E-state index contributed by atoms with van der Waals surface area (Å²) in [4.78, 5) is 15.5. The summed E-state index contributed by atoms with van der Waals surface area (Å²) in [7, 11) is 1.83. The molecule has 0 fully saturated rings. The van der Waals surface area contributed by atoms with Gasteiger partial charge in [0.15, 0.2) is 0 Å². The van der Waals surface area contributed by atoms with Crippen LogP contribution >= 0.6 is 0 Å². The van der Waals surface area contributed by atoms with E-state index >= 15 is 0 Å². The number of unbranched alkanes of at least 4 members (excludes halogenated alkanes) is 1. The second-order valence-corrected chi connectivity index (χ2v) is 8.19. The lowest BCUT2D eigenvalue weighted by molar-refractivity contribution is -0.139. The molecule has 0 radical (unpaired) electrons. The van der Waals surface area contributed by atoms with E-state index in [1.165, 1.54) is 5.56 Å². The molecule has 0 saturated heterocycles. The van der Waals surface area contributed by atoms with Gasteiger partial charge in [-0.05, 0) is 29.5 Å². The van der Waals surface area contributed by atoms with Gasteiger partial charge in [0.1, 0.15) is 6.10 Å². The van der Waals surface area contributed by atoms with Gasteiger partial charge in [0.25, 0.3) is 0 Å². The molecule has 0 aliphatic rings. The van der Waals surface area contributed by atoms with E-state index in [1.54, 1.807) is 4.90 Å². The van der Waals surface area contributed by atoms with Crippen molar-refractivity contribution in [3.8, 4) is 0 Å². The third kappa shape index (κ3) is 6.05. The van der Waals surface area contributed by atoms with Crippen LogP contribution in [0.15, 0.2) is 91.0 Å². The Morgan fingerprint density at radius 3 is 1.90 bits per heavy atom. The van der Waals surface area contributed by atoms with Crippen LogP contribution in [0.2, 0.25) is 0 Å². The molecule has 31 heavy (non-hydrogen) atoms. The fourth-order valence-electron chi connectivity index (χ4n) is 4.19. The lowest BCUT2D eigenvalue weighted by Crippen LogP contribution is -2.39. The highest BCUT2D eigenvalue weighted by molar-refractivity contribution is 5.79. The normalized spacial score (nSPS) is 13.9. The van der Waals surface area contributed by atoms with Crippen LogP contribution < -0.4 is 0 Å². The zero-order valence-corrected chi connectivity index (χ0v) is 18.5. The van der Waals surface area contributed by atoms with Crippen molar-refractivity contribution < 1.29 is 9.90 Å². The average molecular weight is 416 g/mol. The number of carbonyl (C=O) groups excluding carboxylic acids is 1. The lowest BCUT2D eigenvalue weighted by Gasteiger charge is -2.35. The van der Waals surface area contributed by atoms with Gasteiger partial charge in [-0.15, -0.1) is 0 Å². The summed E-state index contributed by atoms with van der Waals surface area (Å²) in [5.41, 5.74) is 2.91. The van der Waals surface area contributed by atoms with E-state index in [4.69, 9.17) is 0 Å². The number of aliphatic hydroxyl groups excluding tert-OH is 1. The van der Waals surface area contributed by atoms with Crippen molar-refractivity contribution in [2.75, 3.05) is 7.05 Å². The van der Waals surface area contributed by atoms with Crippen LogP contribution in [0.25, 0.3) is 0 Å². The standard InChI is InChI=1S/C28H33NO2/c1-3-4-16-25(21-22-14-8-5-9-15-22)28(31)29(2)26(23-17-10-6-11-18-23)27(30)24-19-12-7-13-20-24/h5-15,17-20,25-27,30H,3-4,16,21H2,1-2H3/t25-,26+,27+/m1/s1.